The third-order valence-corrected chi connectivity index (χ3v) is 3.82. The number of hydrogen-bond donors (Lipinski definition) is 2. The summed E-state index contributed by atoms with van der Waals surface area (Å²) in [4.78, 5) is 20.5. The van der Waals surface area contributed by atoms with E-state index in [4.69, 9.17) is 5.73 Å². The summed E-state index contributed by atoms with van der Waals surface area (Å²) in [5.41, 5.74) is 4.81. The number of para-hydroxylation sites is 1. The van der Waals surface area contributed by atoms with Gasteiger partial charge in [0.05, 0.1) is 12.0 Å². The molecule has 0 spiro atoms. The first-order chi connectivity index (χ1) is 9.29. The summed E-state index contributed by atoms with van der Waals surface area (Å²) in [6, 6.07) is 3.65. The van der Waals surface area contributed by atoms with E-state index >= 15 is 0 Å². The number of nitro benzene ring substituents is 1. The fourth-order valence-electron chi connectivity index (χ4n) is 1.35. The Balaban J connectivity index is 2.95. The fraction of sp³-hybridized carbons (Fsp3) is 0.300. The van der Waals surface area contributed by atoms with Crippen molar-refractivity contribution < 1.29 is 22.9 Å². The summed E-state index contributed by atoms with van der Waals surface area (Å²) in [6.07, 6.45) is 0. The molecule has 0 saturated carbocycles. The van der Waals surface area contributed by atoms with Crippen molar-refractivity contribution in [3.8, 4) is 0 Å². The highest BCUT2D eigenvalue weighted by Gasteiger charge is 2.26. The number of nitrogens with two attached hydrogens (primary N) is 1. The van der Waals surface area contributed by atoms with Crippen molar-refractivity contribution >= 4 is 21.7 Å². The molecule has 0 radical (unpaired) electrons. The van der Waals surface area contributed by atoms with Crippen LogP contribution in [0.4, 0.5) is 5.69 Å². The quantitative estimate of drug-likeness (QED) is 0.405. The van der Waals surface area contributed by atoms with E-state index in [0.29, 0.717) is 0 Å². The van der Waals surface area contributed by atoms with Gasteiger partial charge in [-0.15, -0.1) is 0 Å². The number of nitro groups is 1. The number of nitrogens with zero attached hydrogens (tertiary/aromatic N) is 1. The Morgan fingerprint density at radius 1 is 1.50 bits per heavy atom. The molecule has 110 valence electrons. The molecule has 0 unspecified atom stereocenters. The number of esters is 1. The lowest BCUT2D eigenvalue weighted by Crippen LogP contribution is -2.43. The topological polar surface area (TPSA) is 142 Å². The van der Waals surface area contributed by atoms with Crippen LogP contribution in [-0.2, 0) is 19.6 Å². The summed E-state index contributed by atoms with van der Waals surface area (Å²) >= 11 is 0. The molecule has 0 amide bonds. The van der Waals surface area contributed by atoms with Crippen molar-refractivity contribution in [2.75, 3.05) is 13.7 Å². The van der Waals surface area contributed by atoms with Crippen molar-refractivity contribution in [3.05, 3.63) is 34.4 Å². The van der Waals surface area contributed by atoms with E-state index in [1.54, 1.807) is 0 Å². The summed E-state index contributed by atoms with van der Waals surface area (Å²) in [6.45, 7) is -0.430. The Hall–Kier alpha value is -2.04. The largest absolute Gasteiger partial charge is 0.468 e. The summed E-state index contributed by atoms with van der Waals surface area (Å²) in [5, 5.41) is 10.8. The van der Waals surface area contributed by atoms with Gasteiger partial charge < -0.3 is 10.5 Å². The number of ether oxygens (including phenoxy) is 1. The first kappa shape index (κ1) is 16.0. The predicted octanol–water partition coefficient (Wildman–Crippen LogP) is -0.627. The van der Waals surface area contributed by atoms with Gasteiger partial charge in [0, 0.05) is 12.6 Å². The van der Waals surface area contributed by atoms with Crippen LogP contribution >= 0.6 is 0 Å². The molecule has 1 rings (SSSR count). The second kappa shape index (κ2) is 6.41. The first-order valence-electron chi connectivity index (χ1n) is 5.36. The van der Waals surface area contributed by atoms with E-state index in [2.05, 4.69) is 4.74 Å². The fourth-order valence-corrected chi connectivity index (χ4v) is 2.58. The molecular weight excluding hydrogens is 290 g/mol. The number of hydrogen-bond acceptors (Lipinski definition) is 7. The minimum absolute atomic E-state index is 0.430. The average molecular weight is 303 g/mol. The highest BCUT2D eigenvalue weighted by Crippen LogP contribution is 2.22. The zero-order chi connectivity index (χ0) is 15.3. The highest BCUT2D eigenvalue weighted by molar-refractivity contribution is 7.89. The molecule has 0 aliphatic heterocycles. The van der Waals surface area contributed by atoms with Gasteiger partial charge in [-0.25, -0.2) is 13.1 Å². The number of nitrogens with one attached hydrogen (secondary N) is 1. The summed E-state index contributed by atoms with van der Waals surface area (Å²) in [7, 11) is -3.04. The molecule has 1 aromatic carbocycles. The Bertz CT molecular complexity index is 615. The Kier molecular flexibility index (Phi) is 5.13. The van der Waals surface area contributed by atoms with Crippen LogP contribution in [0.2, 0.25) is 0 Å². The van der Waals surface area contributed by atoms with Crippen LogP contribution in [0.15, 0.2) is 29.2 Å². The number of rotatable bonds is 6. The minimum atomic E-state index is -4.15. The third kappa shape index (κ3) is 3.73. The molecule has 0 saturated heterocycles. The number of sulfonamides is 1. The molecule has 0 aliphatic carbocycles. The molecule has 10 heteroatoms. The summed E-state index contributed by atoms with van der Waals surface area (Å²) < 4.78 is 30.3. The van der Waals surface area contributed by atoms with Gasteiger partial charge in [-0.1, -0.05) is 12.1 Å². The van der Waals surface area contributed by atoms with E-state index < -0.39 is 44.1 Å². The van der Waals surface area contributed by atoms with Gasteiger partial charge in [0.25, 0.3) is 5.69 Å². The smallest absolute Gasteiger partial charge is 0.324 e. The monoisotopic (exact) mass is 303 g/mol. The highest BCUT2D eigenvalue weighted by atomic mass is 32.2. The van der Waals surface area contributed by atoms with E-state index in [0.717, 1.165) is 19.2 Å². The second-order valence-electron chi connectivity index (χ2n) is 3.71. The number of carbonyl (C=O) groups excluding carboxylic acids is 1. The molecule has 9 nitrogen and oxygen atoms in total. The van der Waals surface area contributed by atoms with Gasteiger partial charge in [-0.2, -0.15) is 0 Å². The Morgan fingerprint density at radius 3 is 2.65 bits per heavy atom. The minimum Gasteiger partial charge on any atom is -0.468 e. The summed E-state index contributed by atoms with van der Waals surface area (Å²) in [5.74, 6) is -0.796. The Labute approximate surface area is 114 Å². The van der Waals surface area contributed by atoms with E-state index in [1.807, 2.05) is 4.72 Å². The van der Waals surface area contributed by atoms with Gasteiger partial charge >= 0.3 is 5.97 Å². The molecular formula is C10H13N3O6S. The van der Waals surface area contributed by atoms with Crippen LogP contribution in [0, 0.1) is 10.1 Å². The van der Waals surface area contributed by atoms with E-state index in [9.17, 15) is 23.3 Å². The Morgan fingerprint density at radius 2 is 2.10 bits per heavy atom. The van der Waals surface area contributed by atoms with Crippen molar-refractivity contribution in [2.45, 2.75) is 10.9 Å². The molecule has 0 aromatic heterocycles. The van der Waals surface area contributed by atoms with Crippen molar-refractivity contribution in [1.29, 1.82) is 0 Å². The van der Waals surface area contributed by atoms with Crippen LogP contribution in [0.25, 0.3) is 0 Å². The maximum atomic E-state index is 11.9. The van der Waals surface area contributed by atoms with Crippen LogP contribution in [0.5, 0.6) is 0 Å². The van der Waals surface area contributed by atoms with Crippen LogP contribution in [-0.4, -0.2) is 39.0 Å². The zero-order valence-electron chi connectivity index (χ0n) is 10.5. The second-order valence-corrected chi connectivity index (χ2v) is 5.44. The predicted molar refractivity (Wildman–Crippen MR) is 68.3 cm³/mol. The molecule has 0 aliphatic rings. The van der Waals surface area contributed by atoms with Crippen LogP contribution < -0.4 is 10.5 Å². The molecule has 3 N–H and O–H groups in total. The molecule has 1 aromatic rings. The lowest BCUT2D eigenvalue weighted by atomic mass is 10.3. The van der Waals surface area contributed by atoms with E-state index in [1.165, 1.54) is 12.1 Å². The van der Waals surface area contributed by atoms with Gasteiger partial charge in [0.1, 0.15) is 6.04 Å². The van der Waals surface area contributed by atoms with Gasteiger partial charge in [-0.05, 0) is 6.07 Å². The standard InChI is InChI=1S/C10H13N3O6S/c1-19-10(14)7(11)6-12-20(17,18)9-5-3-2-4-8(9)13(15)16/h2-5,7,12H,6,11H2,1H3/t7-/m0/s1. The molecule has 0 bridgehead atoms. The lowest BCUT2D eigenvalue weighted by Gasteiger charge is -2.11. The van der Waals surface area contributed by atoms with Crippen molar-refractivity contribution in [3.63, 3.8) is 0 Å². The molecule has 20 heavy (non-hydrogen) atoms. The normalized spacial score (nSPS) is 12.7. The lowest BCUT2D eigenvalue weighted by molar-refractivity contribution is -0.387. The molecule has 0 fully saturated rings. The maximum absolute atomic E-state index is 11.9. The van der Waals surface area contributed by atoms with Crippen LogP contribution in [0.3, 0.4) is 0 Å². The van der Waals surface area contributed by atoms with Crippen molar-refractivity contribution in [2.24, 2.45) is 5.73 Å². The number of methoxy groups -OCH3 is 1. The third-order valence-electron chi connectivity index (χ3n) is 2.35. The number of carbonyl (C=O) groups is 1. The first-order valence-corrected chi connectivity index (χ1v) is 6.84. The SMILES string of the molecule is COC(=O)[C@@H](N)CNS(=O)(=O)c1ccccc1[N+](=O)[O-]. The zero-order valence-corrected chi connectivity index (χ0v) is 11.3. The maximum Gasteiger partial charge on any atom is 0.324 e. The van der Waals surface area contributed by atoms with Crippen molar-refractivity contribution in [1.82, 2.24) is 4.72 Å². The van der Waals surface area contributed by atoms with E-state index in [-0.39, 0.29) is 0 Å². The van der Waals surface area contributed by atoms with Crippen LogP contribution in [0.1, 0.15) is 0 Å². The van der Waals surface area contributed by atoms with Gasteiger partial charge in [0.2, 0.25) is 10.0 Å². The van der Waals surface area contributed by atoms with Gasteiger partial charge in [-0.3, -0.25) is 14.9 Å². The number of benzene rings is 1. The average Bonchev–Trinajstić information content (AvgIpc) is 2.43. The van der Waals surface area contributed by atoms with Gasteiger partial charge in [0.15, 0.2) is 4.90 Å². The molecule has 0 heterocycles. The molecule has 1 atom stereocenters.